The second kappa shape index (κ2) is 5.48. The Morgan fingerprint density at radius 2 is 2.14 bits per heavy atom. The average molecular weight is 299 g/mol. The SMILES string of the molecule is COc1cc(C(=O)Nc2cc3[nH]ncc3cc2C)ccc1F. The Balaban J connectivity index is 1.90. The predicted molar refractivity (Wildman–Crippen MR) is 81.7 cm³/mol. The van der Waals surface area contributed by atoms with Crippen LogP contribution in [-0.2, 0) is 0 Å². The van der Waals surface area contributed by atoms with Crippen molar-refractivity contribution in [3.63, 3.8) is 0 Å². The van der Waals surface area contributed by atoms with Gasteiger partial charge in [-0.25, -0.2) is 4.39 Å². The van der Waals surface area contributed by atoms with Crippen LogP contribution in [0, 0.1) is 12.7 Å². The van der Waals surface area contributed by atoms with Crippen LogP contribution in [-0.4, -0.2) is 23.2 Å². The van der Waals surface area contributed by atoms with Gasteiger partial charge in [0.1, 0.15) is 0 Å². The van der Waals surface area contributed by atoms with Crippen molar-refractivity contribution in [1.29, 1.82) is 0 Å². The smallest absolute Gasteiger partial charge is 0.255 e. The lowest BCUT2D eigenvalue weighted by molar-refractivity contribution is 0.102. The van der Waals surface area contributed by atoms with Crippen molar-refractivity contribution in [3.05, 3.63) is 53.5 Å². The Bertz CT molecular complexity index is 858. The van der Waals surface area contributed by atoms with Crippen LogP contribution in [0.15, 0.2) is 36.5 Å². The highest BCUT2D eigenvalue weighted by molar-refractivity contribution is 6.05. The van der Waals surface area contributed by atoms with Gasteiger partial charge >= 0.3 is 0 Å². The third-order valence-electron chi connectivity index (χ3n) is 3.45. The molecule has 0 aliphatic rings. The average Bonchev–Trinajstić information content (AvgIpc) is 2.95. The normalized spacial score (nSPS) is 10.7. The van der Waals surface area contributed by atoms with E-state index in [1.54, 1.807) is 6.20 Å². The van der Waals surface area contributed by atoms with Crippen molar-refractivity contribution in [1.82, 2.24) is 10.2 Å². The molecule has 6 heteroatoms. The number of ether oxygens (including phenoxy) is 1. The summed E-state index contributed by atoms with van der Waals surface area (Å²) >= 11 is 0. The molecule has 5 nitrogen and oxygen atoms in total. The van der Waals surface area contributed by atoms with Crippen molar-refractivity contribution in [2.45, 2.75) is 6.92 Å². The third-order valence-corrected chi connectivity index (χ3v) is 3.45. The summed E-state index contributed by atoms with van der Waals surface area (Å²) in [5.74, 6) is -0.803. The van der Waals surface area contributed by atoms with Gasteiger partial charge in [0.05, 0.1) is 18.8 Å². The zero-order valence-corrected chi connectivity index (χ0v) is 12.1. The molecule has 0 saturated heterocycles. The number of H-pyrrole nitrogens is 1. The van der Waals surface area contributed by atoms with Crippen molar-refractivity contribution >= 4 is 22.5 Å². The maximum absolute atomic E-state index is 13.4. The molecule has 1 amide bonds. The molecule has 0 bridgehead atoms. The molecule has 112 valence electrons. The summed E-state index contributed by atoms with van der Waals surface area (Å²) in [5, 5.41) is 10.6. The molecule has 3 aromatic rings. The van der Waals surface area contributed by atoms with Crippen molar-refractivity contribution in [2.24, 2.45) is 0 Å². The van der Waals surface area contributed by atoms with Crippen LogP contribution in [0.2, 0.25) is 0 Å². The molecule has 2 N–H and O–H groups in total. The van der Waals surface area contributed by atoms with Gasteiger partial charge in [0.2, 0.25) is 0 Å². The van der Waals surface area contributed by atoms with Gasteiger partial charge in [-0.15, -0.1) is 0 Å². The van der Waals surface area contributed by atoms with Crippen molar-refractivity contribution in [3.8, 4) is 5.75 Å². The summed E-state index contributed by atoms with van der Waals surface area (Å²) in [4.78, 5) is 12.3. The Morgan fingerprint density at radius 1 is 1.32 bits per heavy atom. The predicted octanol–water partition coefficient (Wildman–Crippen LogP) is 3.27. The number of benzene rings is 2. The van der Waals surface area contributed by atoms with Crippen LogP contribution < -0.4 is 10.1 Å². The first-order valence-corrected chi connectivity index (χ1v) is 6.67. The van der Waals surface area contributed by atoms with E-state index in [0.29, 0.717) is 11.3 Å². The third kappa shape index (κ3) is 2.50. The molecule has 0 fully saturated rings. The van der Waals surface area contributed by atoms with Crippen LogP contribution >= 0.6 is 0 Å². The summed E-state index contributed by atoms with van der Waals surface area (Å²) in [6.07, 6.45) is 1.72. The summed E-state index contributed by atoms with van der Waals surface area (Å²) < 4.78 is 18.3. The lowest BCUT2D eigenvalue weighted by Gasteiger charge is -2.10. The highest BCUT2D eigenvalue weighted by Gasteiger charge is 2.12. The van der Waals surface area contributed by atoms with Crippen LogP contribution in [0.4, 0.5) is 10.1 Å². The van der Waals surface area contributed by atoms with Gasteiger partial charge in [-0.05, 0) is 42.8 Å². The number of nitrogens with one attached hydrogen (secondary N) is 2. The van der Waals surface area contributed by atoms with E-state index in [9.17, 15) is 9.18 Å². The topological polar surface area (TPSA) is 67.0 Å². The van der Waals surface area contributed by atoms with Crippen LogP contribution in [0.1, 0.15) is 15.9 Å². The Kier molecular flexibility index (Phi) is 3.50. The van der Waals surface area contributed by atoms with Gasteiger partial charge in [-0.2, -0.15) is 5.10 Å². The number of methoxy groups -OCH3 is 1. The van der Waals surface area contributed by atoms with Crippen molar-refractivity contribution in [2.75, 3.05) is 12.4 Å². The standard InChI is InChI=1S/C16H14FN3O2/c1-9-5-11-8-18-20-14(11)7-13(9)19-16(21)10-3-4-12(17)15(6-10)22-2/h3-8H,1-2H3,(H,18,20)(H,19,21). The number of amides is 1. The minimum atomic E-state index is -0.505. The van der Waals surface area contributed by atoms with Gasteiger partial charge in [0.25, 0.3) is 5.91 Å². The second-order valence-electron chi connectivity index (χ2n) is 4.93. The van der Waals surface area contributed by atoms with Crippen LogP contribution in [0.5, 0.6) is 5.75 Å². The van der Waals surface area contributed by atoms with E-state index in [1.165, 1.54) is 25.3 Å². The minimum absolute atomic E-state index is 0.0355. The van der Waals surface area contributed by atoms with Gasteiger partial charge < -0.3 is 10.1 Å². The first-order valence-electron chi connectivity index (χ1n) is 6.67. The first-order chi connectivity index (χ1) is 10.6. The van der Waals surface area contributed by atoms with Gasteiger partial charge in [-0.1, -0.05) is 0 Å². The molecule has 0 saturated carbocycles. The quantitative estimate of drug-likeness (QED) is 0.780. The Hall–Kier alpha value is -2.89. The van der Waals surface area contributed by atoms with E-state index in [0.717, 1.165) is 16.5 Å². The molecule has 22 heavy (non-hydrogen) atoms. The monoisotopic (exact) mass is 299 g/mol. The Morgan fingerprint density at radius 3 is 2.91 bits per heavy atom. The zero-order chi connectivity index (χ0) is 15.7. The largest absolute Gasteiger partial charge is 0.494 e. The van der Waals surface area contributed by atoms with E-state index in [1.807, 2.05) is 19.1 Å². The molecule has 0 radical (unpaired) electrons. The minimum Gasteiger partial charge on any atom is -0.494 e. The number of anilines is 1. The molecule has 1 heterocycles. The number of nitrogens with zero attached hydrogens (tertiary/aromatic N) is 1. The number of hydrogen-bond acceptors (Lipinski definition) is 3. The summed E-state index contributed by atoms with van der Waals surface area (Å²) in [7, 11) is 1.36. The molecule has 0 aliphatic carbocycles. The maximum Gasteiger partial charge on any atom is 0.255 e. The number of hydrogen-bond donors (Lipinski definition) is 2. The summed E-state index contributed by atoms with van der Waals surface area (Å²) in [6.45, 7) is 1.90. The Labute approximate surface area is 126 Å². The molecule has 0 aliphatic heterocycles. The van der Waals surface area contributed by atoms with E-state index in [2.05, 4.69) is 15.5 Å². The molecule has 2 aromatic carbocycles. The lowest BCUT2D eigenvalue weighted by atomic mass is 10.1. The fourth-order valence-corrected chi connectivity index (χ4v) is 2.24. The lowest BCUT2D eigenvalue weighted by Crippen LogP contribution is -2.13. The summed E-state index contributed by atoms with van der Waals surface area (Å²) in [6, 6.07) is 7.74. The van der Waals surface area contributed by atoms with Gasteiger partial charge in [0.15, 0.2) is 11.6 Å². The number of aromatic amines is 1. The van der Waals surface area contributed by atoms with E-state index in [4.69, 9.17) is 4.74 Å². The highest BCUT2D eigenvalue weighted by Crippen LogP contribution is 2.23. The fourth-order valence-electron chi connectivity index (χ4n) is 2.24. The summed E-state index contributed by atoms with van der Waals surface area (Å²) in [5.41, 5.74) is 2.74. The van der Waals surface area contributed by atoms with Crippen LogP contribution in [0.25, 0.3) is 10.9 Å². The molecular weight excluding hydrogens is 285 g/mol. The van der Waals surface area contributed by atoms with Gasteiger partial charge in [-0.3, -0.25) is 9.89 Å². The number of aromatic nitrogens is 2. The number of carbonyl (C=O) groups excluding carboxylic acids is 1. The van der Waals surface area contributed by atoms with Gasteiger partial charge in [0, 0.05) is 16.6 Å². The van der Waals surface area contributed by atoms with E-state index < -0.39 is 5.82 Å². The zero-order valence-electron chi connectivity index (χ0n) is 12.1. The second-order valence-corrected chi connectivity index (χ2v) is 4.93. The number of rotatable bonds is 3. The van der Waals surface area contributed by atoms with E-state index >= 15 is 0 Å². The molecule has 0 unspecified atom stereocenters. The maximum atomic E-state index is 13.4. The van der Waals surface area contributed by atoms with Crippen LogP contribution in [0.3, 0.4) is 0 Å². The first kappa shape index (κ1) is 14.1. The van der Waals surface area contributed by atoms with Crippen molar-refractivity contribution < 1.29 is 13.9 Å². The highest BCUT2D eigenvalue weighted by atomic mass is 19.1. The molecule has 0 spiro atoms. The van der Waals surface area contributed by atoms with E-state index in [-0.39, 0.29) is 11.7 Å². The number of fused-ring (bicyclic) bond motifs is 1. The number of carbonyl (C=O) groups is 1. The molecule has 1 aromatic heterocycles. The number of aryl methyl sites for hydroxylation is 1. The number of halogens is 1. The molecule has 0 atom stereocenters. The molecular formula is C16H14FN3O2. The fraction of sp³-hybridized carbons (Fsp3) is 0.125. The molecule has 3 rings (SSSR count).